The number of nitrogens with one attached hydrogen (secondary N) is 2. The Hall–Kier alpha value is -3.87. The Labute approximate surface area is 179 Å². The maximum absolute atomic E-state index is 13.3. The molecule has 0 fully saturated rings. The lowest BCUT2D eigenvalue weighted by Gasteiger charge is -2.12. The number of methoxy groups -OCH3 is 1. The first-order valence-electron chi connectivity index (χ1n) is 10.00. The van der Waals surface area contributed by atoms with Crippen LogP contribution in [0, 0.1) is 5.82 Å². The van der Waals surface area contributed by atoms with Crippen molar-refractivity contribution in [3.05, 3.63) is 84.2 Å². The molecular formula is C24H23FN4O2. The largest absolute Gasteiger partial charge is 0.497 e. The highest BCUT2D eigenvalue weighted by Gasteiger charge is 2.12. The molecule has 6 nitrogen and oxygen atoms in total. The summed E-state index contributed by atoms with van der Waals surface area (Å²) < 4.78 is 20.6. The van der Waals surface area contributed by atoms with Crippen molar-refractivity contribution in [2.75, 3.05) is 13.7 Å². The Morgan fingerprint density at radius 2 is 1.84 bits per heavy atom. The summed E-state index contributed by atoms with van der Waals surface area (Å²) in [6.45, 7) is 1.34. The third-order valence-corrected chi connectivity index (χ3v) is 4.97. The van der Waals surface area contributed by atoms with Gasteiger partial charge in [-0.25, -0.2) is 14.2 Å². The van der Waals surface area contributed by atoms with E-state index in [-0.39, 0.29) is 11.8 Å². The predicted molar refractivity (Wildman–Crippen MR) is 118 cm³/mol. The highest BCUT2D eigenvalue weighted by Crippen LogP contribution is 2.24. The quantitative estimate of drug-likeness (QED) is 0.469. The van der Waals surface area contributed by atoms with E-state index in [2.05, 4.69) is 10.6 Å². The number of urea groups is 1. The average Bonchev–Trinajstić information content (AvgIpc) is 3.17. The zero-order valence-corrected chi connectivity index (χ0v) is 17.1. The van der Waals surface area contributed by atoms with Gasteiger partial charge < -0.3 is 19.9 Å². The molecule has 0 bridgehead atoms. The number of hydrogen-bond donors (Lipinski definition) is 2. The van der Waals surface area contributed by atoms with Crippen molar-refractivity contribution in [2.24, 2.45) is 0 Å². The lowest BCUT2D eigenvalue weighted by Crippen LogP contribution is -2.36. The third-order valence-electron chi connectivity index (χ3n) is 4.97. The molecule has 0 unspecified atom stereocenters. The molecule has 4 rings (SSSR count). The minimum absolute atomic E-state index is 0.254. The normalized spacial score (nSPS) is 10.8. The van der Waals surface area contributed by atoms with Gasteiger partial charge in [-0.2, -0.15) is 0 Å². The number of fused-ring (bicyclic) bond motifs is 1. The van der Waals surface area contributed by atoms with Crippen molar-refractivity contribution < 1.29 is 13.9 Å². The van der Waals surface area contributed by atoms with Crippen LogP contribution in [0.2, 0.25) is 0 Å². The molecule has 0 atom stereocenters. The number of carbonyl (C=O) groups excluding carboxylic acids is 1. The summed E-state index contributed by atoms with van der Waals surface area (Å²) >= 11 is 0. The van der Waals surface area contributed by atoms with E-state index in [1.54, 1.807) is 19.2 Å². The van der Waals surface area contributed by atoms with Gasteiger partial charge in [0.15, 0.2) is 0 Å². The van der Waals surface area contributed by atoms with Crippen LogP contribution in [-0.4, -0.2) is 29.2 Å². The molecule has 0 radical (unpaired) electrons. The first-order valence-corrected chi connectivity index (χ1v) is 10.00. The Morgan fingerprint density at radius 1 is 1.03 bits per heavy atom. The SMILES string of the molecule is COc1cccc(CNC(=O)NCCn2c(-c3ccc(F)cc3)nc3ccccc32)c1. The van der Waals surface area contributed by atoms with Crippen LogP contribution in [0.25, 0.3) is 22.4 Å². The number of aromatic nitrogens is 2. The van der Waals surface area contributed by atoms with Crippen LogP contribution in [0.1, 0.15) is 5.56 Å². The number of benzene rings is 3. The number of imidazole rings is 1. The Morgan fingerprint density at radius 3 is 2.65 bits per heavy atom. The third kappa shape index (κ3) is 4.83. The molecule has 2 amide bonds. The van der Waals surface area contributed by atoms with Gasteiger partial charge in [0.25, 0.3) is 0 Å². The topological polar surface area (TPSA) is 68.2 Å². The lowest BCUT2D eigenvalue weighted by atomic mass is 10.2. The van der Waals surface area contributed by atoms with Gasteiger partial charge in [-0.3, -0.25) is 0 Å². The lowest BCUT2D eigenvalue weighted by molar-refractivity contribution is 0.240. The van der Waals surface area contributed by atoms with Gasteiger partial charge in [0.2, 0.25) is 0 Å². The van der Waals surface area contributed by atoms with E-state index >= 15 is 0 Å². The van der Waals surface area contributed by atoms with Crippen molar-refractivity contribution >= 4 is 17.1 Å². The van der Waals surface area contributed by atoms with E-state index in [9.17, 15) is 9.18 Å². The van der Waals surface area contributed by atoms with Crippen molar-refractivity contribution in [1.29, 1.82) is 0 Å². The zero-order chi connectivity index (χ0) is 21.6. The standard InChI is InChI=1S/C24H23FN4O2/c1-31-20-6-4-5-17(15-20)16-27-24(30)26-13-14-29-22-8-3-2-7-21(22)28-23(29)18-9-11-19(25)12-10-18/h2-12,15H,13-14,16H2,1H3,(H2,26,27,30). The van der Waals surface area contributed by atoms with Gasteiger partial charge in [0.05, 0.1) is 18.1 Å². The van der Waals surface area contributed by atoms with E-state index in [1.807, 2.05) is 53.1 Å². The Bertz CT molecular complexity index is 1190. The van der Waals surface area contributed by atoms with Gasteiger partial charge in [0, 0.05) is 25.2 Å². The van der Waals surface area contributed by atoms with Crippen LogP contribution in [-0.2, 0) is 13.1 Å². The number of carbonyl (C=O) groups is 1. The zero-order valence-electron chi connectivity index (χ0n) is 17.1. The second kappa shape index (κ2) is 9.30. The molecule has 0 saturated carbocycles. The molecule has 31 heavy (non-hydrogen) atoms. The molecular weight excluding hydrogens is 395 g/mol. The number of nitrogens with zero attached hydrogens (tertiary/aromatic N) is 2. The number of halogens is 1. The number of rotatable bonds is 7. The van der Waals surface area contributed by atoms with Gasteiger partial charge in [-0.15, -0.1) is 0 Å². The van der Waals surface area contributed by atoms with E-state index in [4.69, 9.17) is 9.72 Å². The fraction of sp³-hybridized carbons (Fsp3) is 0.167. The van der Waals surface area contributed by atoms with Crippen LogP contribution in [0.5, 0.6) is 5.75 Å². The Balaban J connectivity index is 1.42. The molecule has 158 valence electrons. The van der Waals surface area contributed by atoms with Crippen LogP contribution >= 0.6 is 0 Å². The van der Waals surface area contributed by atoms with Crippen LogP contribution in [0.3, 0.4) is 0 Å². The second-order valence-corrected chi connectivity index (χ2v) is 7.04. The molecule has 0 aliphatic carbocycles. The minimum Gasteiger partial charge on any atom is -0.497 e. The molecule has 3 aromatic carbocycles. The van der Waals surface area contributed by atoms with E-state index < -0.39 is 0 Å². The molecule has 1 heterocycles. The van der Waals surface area contributed by atoms with Gasteiger partial charge in [-0.05, 0) is 54.1 Å². The molecule has 0 aliphatic rings. The van der Waals surface area contributed by atoms with Crippen molar-refractivity contribution in [2.45, 2.75) is 13.1 Å². The van der Waals surface area contributed by atoms with Crippen molar-refractivity contribution in [3.63, 3.8) is 0 Å². The molecule has 0 saturated heterocycles. The first kappa shape index (κ1) is 20.4. The summed E-state index contributed by atoms with van der Waals surface area (Å²) in [5.74, 6) is 1.19. The van der Waals surface area contributed by atoms with E-state index in [0.717, 1.165) is 33.7 Å². The van der Waals surface area contributed by atoms with Gasteiger partial charge >= 0.3 is 6.03 Å². The van der Waals surface area contributed by atoms with E-state index in [0.29, 0.717) is 19.6 Å². The average molecular weight is 418 g/mol. The molecule has 1 aromatic heterocycles. The summed E-state index contributed by atoms with van der Waals surface area (Å²) in [4.78, 5) is 16.9. The van der Waals surface area contributed by atoms with Crippen LogP contribution in [0.15, 0.2) is 72.8 Å². The van der Waals surface area contributed by atoms with Gasteiger partial charge in [0.1, 0.15) is 17.4 Å². The van der Waals surface area contributed by atoms with Gasteiger partial charge in [-0.1, -0.05) is 24.3 Å². The molecule has 7 heteroatoms. The summed E-state index contributed by atoms with van der Waals surface area (Å²) in [7, 11) is 1.61. The van der Waals surface area contributed by atoms with E-state index in [1.165, 1.54) is 12.1 Å². The Kier molecular flexibility index (Phi) is 6.12. The number of para-hydroxylation sites is 2. The first-order chi connectivity index (χ1) is 15.1. The van der Waals surface area contributed by atoms with Crippen LogP contribution in [0.4, 0.5) is 9.18 Å². The molecule has 4 aromatic rings. The smallest absolute Gasteiger partial charge is 0.315 e. The molecule has 0 aliphatic heterocycles. The second-order valence-electron chi connectivity index (χ2n) is 7.04. The fourth-order valence-electron chi connectivity index (χ4n) is 3.43. The summed E-state index contributed by atoms with van der Waals surface area (Å²) in [5, 5.41) is 5.73. The number of ether oxygens (including phenoxy) is 1. The summed E-state index contributed by atoms with van der Waals surface area (Å²) in [6.07, 6.45) is 0. The molecule has 2 N–H and O–H groups in total. The van der Waals surface area contributed by atoms with Crippen molar-refractivity contribution in [1.82, 2.24) is 20.2 Å². The predicted octanol–water partition coefficient (Wildman–Crippen LogP) is 4.35. The fourth-order valence-corrected chi connectivity index (χ4v) is 3.43. The maximum Gasteiger partial charge on any atom is 0.315 e. The maximum atomic E-state index is 13.3. The number of hydrogen-bond acceptors (Lipinski definition) is 3. The highest BCUT2D eigenvalue weighted by molar-refractivity contribution is 5.80. The summed E-state index contributed by atoms with van der Waals surface area (Å²) in [6, 6.07) is 21.4. The number of amides is 2. The summed E-state index contributed by atoms with van der Waals surface area (Å²) in [5.41, 5.74) is 3.58. The minimum atomic E-state index is -0.291. The molecule has 0 spiro atoms. The monoisotopic (exact) mass is 418 g/mol. The van der Waals surface area contributed by atoms with Crippen LogP contribution < -0.4 is 15.4 Å². The highest BCUT2D eigenvalue weighted by atomic mass is 19.1. The van der Waals surface area contributed by atoms with Crippen molar-refractivity contribution in [3.8, 4) is 17.1 Å².